The summed E-state index contributed by atoms with van der Waals surface area (Å²) in [5.74, 6) is 0. The average molecular weight is 541 g/mol. The third-order valence-corrected chi connectivity index (χ3v) is 6.60. The average Bonchev–Trinajstić information content (AvgIpc) is 3.19. The van der Waals surface area contributed by atoms with Crippen LogP contribution in [0.25, 0.3) is 0 Å². The van der Waals surface area contributed by atoms with Gasteiger partial charge in [-0.2, -0.15) is 5.11 Å². The molecule has 2 fully saturated rings. The van der Waals surface area contributed by atoms with Crippen molar-refractivity contribution in [2.24, 2.45) is 10.2 Å². The molecular formula is C23H32N4O11. The Labute approximate surface area is 216 Å². The molecule has 0 radical (unpaired) electrons. The number of aromatic amines is 1. The predicted molar refractivity (Wildman–Crippen MR) is 127 cm³/mol. The van der Waals surface area contributed by atoms with Crippen molar-refractivity contribution in [1.29, 1.82) is 0 Å². The normalized spacial score (nSPS) is 36.1. The number of aryl methyl sites for hydroxylation is 2. The number of nitrogens with one attached hydrogen (secondary N) is 1. The van der Waals surface area contributed by atoms with Gasteiger partial charge in [-0.3, -0.25) is 9.89 Å². The molecule has 0 amide bonds. The van der Waals surface area contributed by atoms with Gasteiger partial charge in [0, 0.05) is 0 Å². The number of hydrogen-bond donors (Lipinski definition) is 8. The monoisotopic (exact) mass is 540 g/mol. The van der Waals surface area contributed by atoms with Gasteiger partial charge in [-0.1, -0.05) is 17.7 Å². The maximum absolute atomic E-state index is 13.1. The third-order valence-electron chi connectivity index (χ3n) is 6.60. The van der Waals surface area contributed by atoms with Crippen LogP contribution in [0.5, 0.6) is 0 Å². The van der Waals surface area contributed by atoms with E-state index in [4.69, 9.17) is 14.2 Å². The Morgan fingerprint density at radius 3 is 2.16 bits per heavy atom. The van der Waals surface area contributed by atoms with Crippen molar-refractivity contribution >= 4 is 11.4 Å². The standard InChI is InChI=1S/C23H32N4O11/c1-9-3-5-11(6-4-9)24-25-14-10(2)26-27(21(14)35)22-18(33)17(32)20(13(8-29)36-22)38-23-19(34)16(31)15(30)12(7-28)37-23/h3-6,12-13,15-20,22-23,26,28-34H,7-8H2,1-2H3/t12-,13-,15+,16+,17-,18-,19-,20-,22?,23+/m1/s1. The van der Waals surface area contributed by atoms with Gasteiger partial charge in [0.25, 0.3) is 5.56 Å². The second kappa shape index (κ2) is 11.7. The molecule has 2 aliphatic heterocycles. The van der Waals surface area contributed by atoms with Crippen LogP contribution in [-0.4, -0.2) is 114 Å². The fraction of sp³-hybridized carbons (Fsp3) is 0.609. The molecule has 15 heteroatoms. The molecule has 1 unspecified atom stereocenters. The van der Waals surface area contributed by atoms with Crippen LogP contribution in [0, 0.1) is 13.8 Å². The Morgan fingerprint density at radius 2 is 1.53 bits per heavy atom. The summed E-state index contributed by atoms with van der Waals surface area (Å²) in [7, 11) is 0. The first-order valence-electron chi connectivity index (χ1n) is 11.9. The molecule has 2 saturated heterocycles. The van der Waals surface area contributed by atoms with Crippen LogP contribution in [0.1, 0.15) is 17.5 Å². The zero-order valence-corrected chi connectivity index (χ0v) is 20.6. The first-order chi connectivity index (χ1) is 18.1. The number of benzene rings is 1. The molecule has 0 saturated carbocycles. The Balaban J connectivity index is 1.54. The molecule has 0 bridgehead atoms. The molecule has 0 aliphatic carbocycles. The lowest BCUT2D eigenvalue weighted by atomic mass is 9.96. The van der Waals surface area contributed by atoms with E-state index in [-0.39, 0.29) is 5.69 Å². The maximum atomic E-state index is 13.1. The zero-order chi connectivity index (χ0) is 27.7. The largest absolute Gasteiger partial charge is 0.394 e. The van der Waals surface area contributed by atoms with E-state index in [0.29, 0.717) is 11.4 Å². The fourth-order valence-corrected chi connectivity index (χ4v) is 4.36. The van der Waals surface area contributed by atoms with E-state index in [1.807, 2.05) is 19.1 Å². The molecule has 1 aromatic carbocycles. The SMILES string of the molecule is Cc1ccc(N=Nc2c(C)[nH]n(C3O[C@H](CO)[C@@H](O[C@@H]4O[C@H](CO)[C@H](O)[C@H](O)[C@H]4O)[C@H](O)[C@H]3O)c2=O)cc1. The minimum atomic E-state index is -1.79. The van der Waals surface area contributed by atoms with E-state index in [0.717, 1.165) is 10.2 Å². The summed E-state index contributed by atoms with van der Waals surface area (Å²) < 4.78 is 17.4. The Hall–Kier alpha value is -2.57. The smallest absolute Gasteiger partial charge is 0.297 e. The van der Waals surface area contributed by atoms with Gasteiger partial charge in [-0.05, 0) is 26.0 Å². The first-order valence-corrected chi connectivity index (χ1v) is 11.9. The summed E-state index contributed by atoms with van der Waals surface area (Å²) in [6.07, 6.45) is -16.0. The van der Waals surface area contributed by atoms with E-state index in [1.54, 1.807) is 19.1 Å². The van der Waals surface area contributed by atoms with Crippen LogP contribution in [0.2, 0.25) is 0 Å². The highest BCUT2D eigenvalue weighted by Crippen LogP contribution is 2.33. The van der Waals surface area contributed by atoms with Crippen molar-refractivity contribution in [3.8, 4) is 0 Å². The van der Waals surface area contributed by atoms with Crippen molar-refractivity contribution in [2.75, 3.05) is 13.2 Å². The van der Waals surface area contributed by atoms with Gasteiger partial charge in [0.2, 0.25) is 0 Å². The number of nitrogens with zero attached hydrogens (tertiary/aromatic N) is 3. The molecule has 210 valence electrons. The van der Waals surface area contributed by atoms with Crippen molar-refractivity contribution in [2.45, 2.75) is 75.2 Å². The lowest BCUT2D eigenvalue weighted by molar-refractivity contribution is -0.347. The van der Waals surface area contributed by atoms with Gasteiger partial charge in [0.15, 0.2) is 18.2 Å². The molecule has 1 aromatic heterocycles. The van der Waals surface area contributed by atoms with Crippen LogP contribution < -0.4 is 5.56 Å². The zero-order valence-electron chi connectivity index (χ0n) is 20.6. The molecule has 2 aromatic rings. The molecule has 3 heterocycles. The van der Waals surface area contributed by atoms with Crippen LogP contribution in [-0.2, 0) is 14.2 Å². The fourth-order valence-electron chi connectivity index (χ4n) is 4.36. The summed E-state index contributed by atoms with van der Waals surface area (Å²) in [4.78, 5) is 13.1. The summed E-state index contributed by atoms with van der Waals surface area (Å²) in [6.45, 7) is 2.03. The van der Waals surface area contributed by atoms with Gasteiger partial charge in [-0.15, -0.1) is 5.11 Å². The van der Waals surface area contributed by atoms with Crippen LogP contribution in [0.15, 0.2) is 39.3 Å². The number of H-pyrrole nitrogens is 1. The third kappa shape index (κ3) is 5.43. The van der Waals surface area contributed by atoms with E-state index < -0.39 is 80.1 Å². The van der Waals surface area contributed by atoms with Crippen molar-refractivity contribution in [3.63, 3.8) is 0 Å². The molecule has 2 aliphatic rings. The number of azo groups is 1. The minimum Gasteiger partial charge on any atom is -0.394 e. The minimum absolute atomic E-state index is 0.0592. The highest BCUT2D eigenvalue weighted by Gasteiger charge is 2.51. The first kappa shape index (κ1) is 28.4. The highest BCUT2D eigenvalue weighted by atomic mass is 16.7. The number of aliphatic hydroxyl groups excluding tert-OH is 7. The van der Waals surface area contributed by atoms with Crippen LogP contribution in [0.3, 0.4) is 0 Å². The van der Waals surface area contributed by atoms with Gasteiger partial charge in [0.1, 0.15) is 48.8 Å². The van der Waals surface area contributed by atoms with Crippen molar-refractivity contribution < 1.29 is 50.0 Å². The number of ether oxygens (including phenoxy) is 3. The maximum Gasteiger partial charge on any atom is 0.297 e. The Bertz CT molecular complexity index is 1170. The molecule has 10 atom stereocenters. The molecular weight excluding hydrogens is 508 g/mol. The lowest BCUT2D eigenvalue weighted by Crippen LogP contribution is -2.64. The topological polar surface area (TPSA) is 232 Å². The molecule has 8 N–H and O–H groups in total. The highest BCUT2D eigenvalue weighted by molar-refractivity contribution is 5.42. The number of rotatable bonds is 7. The van der Waals surface area contributed by atoms with E-state index >= 15 is 0 Å². The van der Waals surface area contributed by atoms with Crippen molar-refractivity contribution in [3.05, 3.63) is 45.9 Å². The van der Waals surface area contributed by atoms with Crippen molar-refractivity contribution in [1.82, 2.24) is 9.78 Å². The Kier molecular flexibility index (Phi) is 8.73. The summed E-state index contributed by atoms with van der Waals surface area (Å²) in [5.41, 5.74) is 1.07. The predicted octanol–water partition coefficient (Wildman–Crippen LogP) is -1.99. The summed E-state index contributed by atoms with van der Waals surface area (Å²) in [5, 5.41) is 81.9. The second-order valence-electron chi connectivity index (χ2n) is 9.32. The van der Waals surface area contributed by atoms with Crippen LogP contribution in [0.4, 0.5) is 11.4 Å². The van der Waals surface area contributed by atoms with E-state index in [1.165, 1.54) is 0 Å². The molecule has 38 heavy (non-hydrogen) atoms. The van der Waals surface area contributed by atoms with Gasteiger partial charge < -0.3 is 50.0 Å². The van der Waals surface area contributed by atoms with Gasteiger partial charge >= 0.3 is 0 Å². The van der Waals surface area contributed by atoms with Gasteiger partial charge in [0.05, 0.1) is 24.6 Å². The Morgan fingerprint density at radius 1 is 0.868 bits per heavy atom. The summed E-state index contributed by atoms with van der Waals surface area (Å²) >= 11 is 0. The van der Waals surface area contributed by atoms with E-state index in [9.17, 15) is 40.5 Å². The summed E-state index contributed by atoms with van der Waals surface area (Å²) in [6, 6.07) is 7.13. The number of hydrogen-bond acceptors (Lipinski definition) is 13. The second-order valence-corrected chi connectivity index (χ2v) is 9.32. The van der Waals surface area contributed by atoms with Gasteiger partial charge in [-0.25, -0.2) is 4.68 Å². The number of aliphatic hydroxyl groups is 7. The quantitative estimate of drug-likeness (QED) is 0.179. The lowest BCUT2D eigenvalue weighted by Gasteiger charge is -2.46. The number of aromatic nitrogens is 2. The van der Waals surface area contributed by atoms with Crippen LogP contribution >= 0.6 is 0 Å². The molecule has 4 rings (SSSR count). The van der Waals surface area contributed by atoms with E-state index in [2.05, 4.69) is 15.3 Å². The molecule has 15 nitrogen and oxygen atoms in total. The molecule has 0 spiro atoms.